The summed E-state index contributed by atoms with van der Waals surface area (Å²) in [5, 5.41) is 22.5. The molecule has 0 heterocycles. The van der Waals surface area contributed by atoms with Crippen LogP contribution in [0.4, 0.5) is 0 Å². The van der Waals surface area contributed by atoms with Gasteiger partial charge in [0.25, 0.3) is 0 Å². The van der Waals surface area contributed by atoms with Crippen molar-refractivity contribution in [1.29, 1.82) is 0 Å². The van der Waals surface area contributed by atoms with Gasteiger partial charge in [-0.05, 0) is 44.0 Å². The number of likely N-dealkylation sites (N-methyl/N-ethyl adjacent to an activating group) is 1. The third-order valence-electron chi connectivity index (χ3n) is 3.28. The smallest absolute Gasteiger partial charge is 0.305 e. The number of carboxylic acid groups (broad SMARTS) is 1. The van der Waals surface area contributed by atoms with Gasteiger partial charge in [-0.2, -0.15) is 0 Å². The van der Waals surface area contributed by atoms with Crippen LogP contribution in [0.5, 0.6) is 0 Å². The molecule has 0 saturated heterocycles. The fraction of sp³-hybridized carbons (Fsp3) is 0.533. The Bertz CT molecular complexity index is 434. The van der Waals surface area contributed by atoms with E-state index in [1.807, 2.05) is 39.8 Å². The van der Waals surface area contributed by atoms with E-state index in [4.69, 9.17) is 5.11 Å². The van der Waals surface area contributed by atoms with Gasteiger partial charge < -0.3 is 15.5 Å². The molecule has 1 aromatic carbocycles. The summed E-state index contributed by atoms with van der Waals surface area (Å²) in [6.45, 7) is 8.43. The summed E-state index contributed by atoms with van der Waals surface area (Å²) in [5.41, 5.74) is 3.97. The first-order valence-corrected chi connectivity index (χ1v) is 6.57. The number of aryl methyl sites for hydroxylation is 3. The van der Waals surface area contributed by atoms with Gasteiger partial charge in [0.1, 0.15) is 0 Å². The average molecular weight is 265 g/mol. The normalized spacial score (nSPS) is 14.2. The quantitative estimate of drug-likeness (QED) is 0.736. The van der Waals surface area contributed by atoms with Crippen molar-refractivity contribution in [2.75, 3.05) is 6.54 Å². The van der Waals surface area contributed by atoms with E-state index >= 15 is 0 Å². The molecule has 0 aliphatic heterocycles. The molecule has 19 heavy (non-hydrogen) atoms. The molecule has 1 rings (SSSR count). The molecule has 0 spiro atoms. The predicted octanol–water partition coefficient (Wildman–Crippen LogP) is 2.10. The van der Waals surface area contributed by atoms with Crippen LogP contribution in [0, 0.1) is 20.8 Å². The van der Waals surface area contributed by atoms with Gasteiger partial charge in [0.05, 0.1) is 12.5 Å². The number of aliphatic carboxylic acids is 1. The molecular weight excluding hydrogens is 242 g/mol. The molecule has 2 atom stereocenters. The molecular formula is C15H23NO3. The Morgan fingerprint density at radius 2 is 1.79 bits per heavy atom. The third-order valence-corrected chi connectivity index (χ3v) is 3.28. The van der Waals surface area contributed by atoms with Gasteiger partial charge in [0, 0.05) is 6.04 Å². The van der Waals surface area contributed by atoms with E-state index in [2.05, 4.69) is 5.32 Å². The monoisotopic (exact) mass is 265 g/mol. The number of rotatable bonds is 6. The summed E-state index contributed by atoms with van der Waals surface area (Å²) in [5.74, 6) is -0.910. The first kappa shape index (κ1) is 15.7. The summed E-state index contributed by atoms with van der Waals surface area (Å²) >= 11 is 0. The van der Waals surface area contributed by atoms with Crippen molar-refractivity contribution in [1.82, 2.24) is 5.32 Å². The zero-order chi connectivity index (χ0) is 14.6. The molecule has 0 aliphatic rings. The Morgan fingerprint density at radius 3 is 2.21 bits per heavy atom. The lowest BCUT2D eigenvalue weighted by Crippen LogP contribution is -2.37. The highest BCUT2D eigenvalue weighted by Crippen LogP contribution is 2.27. The lowest BCUT2D eigenvalue weighted by atomic mass is 9.91. The minimum atomic E-state index is -0.910. The van der Waals surface area contributed by atoms with Crippen LogP contribution >= 0.6 is 0 Å². The number of aliphatic hydroxyl groups excluding tert-OH is 1. The Hall–Kier alpha value is -1.39. The highest BCUT2D eigenvalue weighted by Gasteiger charge is 2.25. The maximum Gasteiger partial charge on any atom is 0.305 e. The van der Waals surface area contributed by atoms with E-state index in [-0.39, 0.29) is 6.42 Å². The number of carboxylic acids is 1. The molecule has 2 unspecified atom stereocenters. The SMILES string of the molecule is CCNC(CC(=O)O)C(O)c1c(C)cc(C)cc1C. The number of aliphatic hydroxyl groups is 1. The van der Waals surface area contributed by atoms with E-state index in [9.17, 15) is 9.90 Å². The van der Waals surface area contributed by atoms with Crippen LogP contribution in [-0.4, -0.2) is 28.8 Å². The molecule has 0 bridgehead atoms. The van der Waals surface area contributed by atoms with Crippen molar-refractivity contribution in [3.05, 3.63) is 34.4 Å². The van der Waals surface area contributed by atoms with Gasteiger partial charge in [-0.1, -0.05) is 24.6 Å². The van der Waals surface area contributed by atoms with Crippen LogP contribution in [0.1, 0.15) is 41.7 Å². The number of nitrogens with one attached hydrogen (secondary N) is 1. The summed E-state index contributed by atoms with van der Waals surface area (Å²) in [6, 6.07) is 3.55. The van der Waals surface area contributed by atoms with Crippen LogP contribution in [0.25, 0.3) is 0 Å². The fourth-order valence-electron chi connectivity index (χ4n) is 2.60. The number of carbonyl (C=O) groups is 1. The van der Waals surface area contributed by atoms with Gasteiger partial charge in [-0.3, -0.25) is 4.79 Å². The largest absolute Gasteiger partial charge is 0.481 e. The fourth-order valence-corrected chi connectivity index (χ4v) is 2.60. The Balaban J connectivity index is 3.08. The van der Waals surface area contributed by atoms with E-state index < -0.39 is 18.1 Å². The van der Waals surface area contributed by atoms with Crippen LogP contribution in [0.2, 0.25) is 0 Å². The van der Waals surface area contributed by atoms with Gasteiger partial charge >= 0.3 is 5.97 Å². The van der Waals surface area contributed by atoms with Crippen LogP contribution in [0.15, 0.2) is 12.1 Å². The van der Waals surface area contributed by atoms with Crippen molar-refractivity contribution in [3.8, 4) is 0 Å². The zero-order valence-corrected chi connectivity index (χ0v) is 12.0. The molecule has 0 aliphatic carbocycles. The zero-order valence-electron chi connectivity index (χ0n) is 12.0. The highest BCUT2D eigenvalue weighted by molar-refractivity contribution is 5.67. The first-order valence-electron chi connectivity index (χ1n) is 6.57. The molecule has 3 N–H and O–H groups in total. The summed E-state index contributed by atoms with van der Waals surface area (Å²) < 4.78 is 0. The second-order valence-corrected chi connectivity index (χ2v) is 5.02. The van der Waals surface area contributed by atoms with Crippen molar-refractivity contribution < 1.29 is 15.0 Å². The van der Waals surface area contributed by atoms with Crippen molar-refractivity contribution >= 4 is 5.97 Å². The topological polar surface area (TPSA) is 69.6 Å². The summed E-state index contributed by atoms with van der Waals surface area (Å²) in [6.07, 6.45) is -0.904. The maximum absolute atomic E-state index is 10.9. The van der Waals surface area contributed by atoms with Crippen molar-refractivity contribution in [2.24, 2.45) is 0 Å². The molecule has 4 nitrogen and oxygen atoms in total. The Labute approximate surface area is 114 Å². The van der Waals surface area contributed by atoms with Gasteiger partial charge in [0.2, 0.25) is 0 Å². The highest BCUT2D eigenvalue weighted by atomic mass is 16.4. The number of benzene rings is 1. The summed E-state index contributed by atoms with van der Waals surface area (Å²) in [7, 11) is 0. The first-order chi connectivity index (χ1) is 8.86. The molecule has 1 aromatic rings. The van der Waals surface area contributed by atoms with Crippen molar-refractivity contribution in [3.63, 3.8) is 0 Å². The average Bonchev–Trinajstić information content (AvgIpc) is 2.26. The third kappa shape index (κ3) is 4.04. The number of hydrogen-bond acceptors (Lipinski definition) is 3. The molecule has 4 heteroatoms. The van der Waals surface area contributed by atoms with Gasteiger partial charge in [0.15, 0.2) is 0 Å². The lowest BCUT2D eigenvalue weighted by molar-refractivity contribution is -0.138. The predicted molar refractivity (Wildman–Crippen MR) is 75.3 cm³/mol. The number of hydrogen-bond donors (Lipinski definition) is 3. The van der Waals surface area contributed by atoms with E-state index in [1.165, 1.54) is 0 Å². The van der Waals surface area contributed by atoms with Gasteiger partial charge in [-0.15, -0.1) is 0 Å². The minimum Gasteiger partial charge on any atom is -0.481 e. The Morgan fingerprint density at radius 1 is 1.26 bits per heavy atom. The molecule has 0 radical (unpaired) electrons. The van der Waals surface area contributed by atoms with Crippen LogP contribution in [-0.2, 0) is 4.79 Å². The molecule has 106 valence electrons. The van der Waals surface area contributed by atoms with E-state index in [0.29, 0.717) is 6.54 Å². The second kappa shape index (κ2) is 6.68. The molecule has 0 aromatic heterocycles. The maximum atomic E-state index is 10.9. The standard InChI is InChI=1S/C15H23NO3/c1-5-16-12(8-13(17)18)15(19)14-10(3)6-9(2)7-11(14)4/h6-7,12,15-16,19H,5,8H2,1-4H3,(H,17,18). The summed E-state index contributed by atoms with van der Waals surface area (Å²) in [4.78, 5) is 10.9. The lowest BCUT2D eigenvalue weighted by Gasteiger charge is -2.25. The van der Waals surface area contributed by atoms with Crippen LogP contribution in [0.3, 0.4) is 0 Å². The Kier molecular flexibility index (Phi) is 5.51. The van der Waals surface area contributed by atoms with Crippen molar-refractivity contribution in [2.45, 2.75) is 46.3 Å². The van der Waals surface area contributed by atoms with Gasteiger partial charge in [-0.25, -0.2) is 0 Å². The molecule has 0 amide bonds. The van der Waals surface area contributed by atoms with E-state index in [0.717, 1.165) is 22.3 Å². The second-order valence-electron chi connectivity index (χ2n) is 5.02. The van der Waals surface area contributed by atoms with E-state index in [1.54, 1.807) is 0 Å². The molecule has 0 saturated carbocycles. The molecule has 0 fully saturated rings. The minimum absolute atomic E-state index is 0.0955. The van der Waals surface area contributed by atoms with Crippen LogP contribution < -0.4 is 5.32 Å².